The average Bonchev–Trinajstić information content (AvgIpc) is 3.05. The second-order valence-corrected chi connectivity index (χ2v) is 5.62. The Morgan fingerprint density at radius 1 is 1.25 bits per heavy atom. The van der Waals surface area contributed by atoms with Crippen LogP contribution in [0.2, 0.25) is 0 Å². The molecule has 1 aromatic heterocycles. The Kier molecular flexibility index (Phi) is 3.74. The number of hydrogen-bond acceptors (Lipinski definition) is 2. The fourth-order valence-corrected chi connectivity index (χ4v) is 3.21. The molecule has 1 N–H and O–H groups in total. The van der Waals surface area contributed by atoms with Crippen LogP contribution in [0.3, 0.4) is 0 Å². The van der Waals surface area contributed by atoms with Gasteiger partial charge in [-0.05, 0) is 11.6 Å². The summed E-state index contributed by atoms with van der Waals surface area (Å²) in [7, 11) is 0. The van der Waals surface area contributed by atoms with Crippen molar-refractivity contribution in [1.82, 2.24) is 4.57 Å². The largest absolute Gasteiger partial charge is 0.550 e. The maximum atomic E-state index is 10.9. The summed E-state index contributed by atoms with van der Waals surface area (Å²) in [5.74, 6) is -1.02. The first-order valence-electron chi connectivity index (χ1n) is 7.34. The van der Waals surface area contributed by atoms with E-state index in [1.807, 2.05) is 24.4 Å². The van der Waals surface area contributed by atoms with E-state index < -0.39 is 5.97 Å². The van der Waals surface area contributed by atoms with Crippen LogP contribution in [-0.4, -0.2) is 30.2 Å². The second kappa shape index (κ2) is 5.67. The lowest BCUT2D eigenvalue weighted by Crippen LogP contribution is -3.10. The molecule has 4 nitrogen and oxygen atoms in total. The summed E-state index contributed by atoms with van der Waals surface area (Å²) in [6, 6.07) is 8.02. The SMILES string of the molecule is O=C([O-])Cc1cn(CC[NH+]2CCCC2)c2ccccc12. The quantitative estimate of drug-likeness (QED) is 0.806. The van der Waals surface area contributed by atoms with Crippen LogP contribution >= 0.6 is 0 Å². The van der Waals surface area contributed by atoms with Gasteiger partial charge in [-0.2, -0.15) is 0 Å². The standard InChI is InChI=1S/C16H20N2O2/c19-16(20)11-13-12-18(10-9-17-7-3-4-8-17)15-6-2-1-5-14(13)15/h1-2,5-6,12H,3-4,7-11H2,(H,19,20). The van der Waals surface area contributed by atoms with E-state index in [0.717, 1.165) is 29.6 Å². The lowest BCUT2D eigenvalue weighted by atomic mass is 10.1. The van der Waals surface area contributed by atoms with E-state index in [2.05, 4.69) is 10.6 Å². The Hall–Kier alpha value is -1.81. The van der Waals surface area contributed by atoms with Crippen molar-refractivity contribution in [2.75, 3.05) is 19.6 Å². The number of aromatic nitrogens is 1. The summed E-state index contributed by atoms with van der Waals surface area (Å²) in [6.07, 6.45) is 4.63. The highest BCUT2D eigenvalue weighted by molar-refractivity contribution is 5.87. The van der Waals surface area contributed by atoms with Crippen molar-refractivity contribution in [1.29, 1.82) is 0 Å². The molecule has 0 radical (unpaired) electrons. The third-order valence-electron chi connectivity index (χ3n) is 4.22. The van der Waals surface area contributed by atoms with Gasteiger partial charge in [0.05, 0.1) is 26.2 Å². The van der Waals surface area contributed by atoms with Crippen LogP contribution in [0, 0.1) is 0 Å². The Morgan fingerprint density at radius 3 is 2.75 bits per heavy atom. The van der Waals surface area contributed by atoms with E-state index in [9.17, 15) is 9.90 Å². The molecular weight excluding hydrogens is 252 g/mol. The number of quaternary nitrogens is 1. The van der Waals surface area contributed by atoms with Gasteiger partial charge in [0, 0.05) is 42.3 Å². The molecule has 0 atom stereocenters. The van der Waals surface area contributed by atoms with Crippen LogP contribution in [0.25, 0.3) is 10.9 Å². The lowest BCUT2D eigenvalue weighted by molar-refractivity contribution is -0.888. The van der Waals surface area contributed by atoms with Gasteiger partial charge >= 0.3 is 0 Å². The van der Waals surface area contributed by atoms with Gasteiger partial charge in [-0.15, -0.1) is 0 Å². The maximum absolute atomic E-state index is 10.9. The van der Waals surface area contributed by atoms with E-state index in [1.54, 1.807) is 4.90 Å². The van der Waals surface area contributed by atoms with Crippen molar-refractivity contribution in [3.05, 3.63) is 36.0 Å². The van der Waals surface area contributed by atoms with Crippen LogP contribution in [0.4, 0.5) is 0 Å². The normalized spacial score (nSPS) is 16.0. The van der Waals surface area contributed by atoms with E-state index in [0.29, 0.717) is 0 Å². The summed E-state index contributed by atoms with van der Waals surface area (Å²) in [6.45, 7) is 4.60. The zero-order chi connectivity index (χ0) is 13.9. The minimum absolute atomic E-state index is 0.00984. The molecular formula is C16H20N2O2. The van der Waals surface area contributed by atoms with Crippen molar-refractivity contribution >= 4 is 16.9 Å². The molecule has 1 aliphatic rings. The summed E-state index contributed by atoms with van der Waals surface area (Å²) in [5.41, 5.74) is 1.99. The van der Waals surface area contributed by atoms with Gasteiger partial charge in [0.15, 0.2) is 0 Å². The number of benzene rings is 1. The van der Waals surface area contributed by atoms with Crippen LogP contribution in [-0.2, 0) is 17.8 Å². The van der Waals surface area contributed by atoms with Crippen LogP contribution in [0.15, 0.2) is 30.5 Å². The molecule has 0 aliphatic carbocycles. The minimum Gasteiger partial charge on any atom is -0.550 e. The molecule has 1 saturated heterocycles. The highest BCUT2D eigenvalue weighted by Crippen LogP contribution is 2.21. The number of carboxylic acids is 1. The molecule has 0 bridgehead atoms. The smallest absolute Gasteiger partial charge is 0.0953 e. The number of para-hydroxylation sites is 1. The molecule has 0 spiro atoms. The number of likely N-dealkylation sites (tertiary alicyclic amines) is 1. The molecule has 20 heavy (non-hydrogen) atoms. The second-order valence-electron chi connectivity index (χ2n) is 5.62. The Morgan fingerprint density at radius 2 is 2.00 bits per heavy atom. The van der Waals surface area contributed by atoms with Gasteiger partial charge in [-0.1, -0.05) is 18.2 Å². The molecule has 2 heterocycles. The number of aliphatic carboxylic acids is 1. The van der Waals surface area contributed by atoms with Crippen molar-refractivity contribution in [2.24, 2.45) is 0 Å². The maximum Gasteiger partial charge on any atom is 0.0953 e. The fraction of sp³-hybridized carbons (Fsp3) is 0.438. The molecule has 0 amide bonds. The van der Waals surface area contributed by atoms with E-state index in [1.165, 1.54) is 25.9 Å². The first kappa shape index (κ1) is 13.2. The number of rotatable bonds is 5. The summed E-state index contributed by atoms with van der Waals surface area (Å²) in [4.78, 5) is 12.5. The minimum atomic E-state index is -1.02. The van der Waals surface area contributed by atoms with Gasteiger partial charge in [-0.3, -0.25) is 0 Å². The van der Waals surface area contributed by atoms with E-state index >= 15 is 0 Å². The number of carbonyl (C=O) groups excluding carboxylic acids is 1. The average molecular weight is 272 g/mol. The van der Waals surface area contributed by atoms with Crippen molar-refractivity contribution in [3.63, 3.8) is 0 Å². The number of carbonyl (C=O) groups is 1. The molecule has 0 saturated carbocycles. The number of carboxylic acid groups (broad SMARTS) is 1. The van der Waals surface area contributed by atoms with Crippen LogP contribution in [0.1, 0.15) is 18.4 Å². The zero-order valence-corrected chi connectivity index (χ0v) is 11.6. The lowest BCUT2D eigenvalue weighted by Gasteiger charge is -2.13. The first-order valence-corrected chi connectivity index (χ1v) is 7.34. The monoisotopic (exact) mass is 272 g/mol. The van der Waals surface area contributed by atoms with Gasteiger partial charge in [0.2, 0.25) is 0 Å². The highest BCUT2D eigenvalue weighted by atomic mass is 16.4. The first-order chi connectivity index (χ1) is 9.74. The van der Waals surface area contributed by atoms with Gasteiger partial charge in [-0.25, -0.2) is 0 Å². The van der Waals surface area contributed by atoms with Gasteiger partial charge < -0.3 is 19.4 Å². The fourth-order valence-electron chi connectivity index (χ4n) is 3.21. The third kappa shape index (κ3) is 2.70. The number of hydrogen-bond donors (Lipinski definition) is 1. The molecule has 2 aromatic rings. The zero-order valence-electron chi connectivity index (χ0n) is 11.6. The number of nitrogens with one attached hydrogen (secondary N) is 1. The van der Waals surface area contributed by atoms with Gasteiger partial charge in [0.25, 0.3) is 0 Å². The summed E-state index contributed by atoms with van der Waals surface area (Å²) in [5, 5.41) is 11.9. The molecule has 1 aliphatic heterocycles. The van der Waals surface area contributed by atoms with Crippen molar-refractivity contribution in [2.45, 2.75) is 25.8 Å². The molecule has 106 valence electrons. The number of nitrogens with zero attached hydrogens (tertiary/aromatic N) is 1. The number of fused-ring (bicyclic) bond motifs is 1. The Balaban J connectivity index is 1.83. The summed E-state index contributed by atoms with van der Waals surface area (Å²) < 4.78 is 2.19. The third-order valence-corrected chi connectivity index (χ3v) is 4.22. The van der Waals surface area contributed by atoms with Crippen LogP contribution < -0.4 is 10.0 Å². The predicted molar refractivity (Wildman–Crippen MR) is 75.4 cm³/mol. The van der Waals surface area contributed by atoms with Crippen molar-refractivity contribution < 1.29 is 14.8 Å². The van der Waals surface area contributed by atoms with Gasteiger partial charge in [0.1, 0.15) is 0 Å². The molecule has 1 fully saturated rings. The Bertz CT molecular complexity index is 612. The highest BCUT2D eigenvalue weighted by Gasteiger charge is 2.15. The van der Waals surface area contributed by atoms with Crippen LogP contribution in [0.5, 0.6) is 0 Å². The van der Waals surface area contributed by atoms with E-state index in [4.69, 9.17) is 0 Å². The molecule has 1 aromatic carbocycles. The summed E-state index contributed by atoms with van der Waals surface area (Å²) >= 11 is 0. The predicted octanol–water partition coefficient (Wildman–Crippen LogP) is -0.388. The topological polar surface area (TPSA) is 49.5 Å². The molecule has 0 unspecified atom stereocenters. The molecule has 4 heteroatoms. The van der Waals surface area contributed by atoms with E-state index in [-0.39, 0.29) is 6.42 Å². The Labute approximate surface area is 118 Å². The molecule has 3 rings (SSSR count). The van der Waals surface area contributed by atoms with Crippen molar-refractivity contribution in [3.8, 4) is 0 Å².